The van der Waals surface area contributed by atoms with Crippen molar-refractivity contribution in [1.82, 2.24) is 30.0 Å². The van der Waals surface area contributed by atoms with Crippen molar-refractivity contribution >= 4 is 17.2 Å². The van der Waals surface area contributed by atoms with Crippen LogP contribution in [0.4, 0.5) is 0 Å². The second kappa shape index (κ2) is 8.78. The van der Waals surface area contributed by atoms with Gasteiger partial charge in [-0.2, -0.15) is 5.26 Å². The van der Waals surface area contributed by atoms with Crippen molar-refractivity contribution in [2.45, 2.75) is 25.5 Å². The summed E-state index contributed by atoms with van der Waals surface area (Å²) in [6.07, 6.45) is 1.90. The summed E-state index contributed by atoms with van der Waals surface area (Å²) in [7, 11) is 0. The number of nitrogens with zero attached hydrogens (tertiary/aromatic N) is 7. The Morgan fingerprint density at radius 3 is 2.84 bits per heavy atom. The van der Waals surface area contributed by atoms with Gasteiger partial charge >= 0.3 is 0 Å². The molecule has 2 aromatic heterocycles. The van der Waals surface area contributed by atoms with E-state index in [1.165, 1.54) is 11.3 Å². The van der Waals surface area contributed by atoms with Crippen molar-refractivity contribution in [3.05, 3.63) is 57.5 Å². The van der Waals surface area contributed by atoms with E-state index < -0.39 is 0 Å². The molecule has 0 bridgehead atoms. The SMILES string of the molecule is Cc1c([C@@H]2CN3CCN(C(=O)Cc4ccc(-n5cnnn5)cc4)C[C@H]3CO2)csc1C#N. The van der Waals surface area contributed by atoms with E-state index in [1.54, 1.807) is 11.0 Å². The summed E-state index contributed by atoms with van der Waals surface area (Å²) in [5, 5.41) is 22.4. The quantitative estimate of drug-likeness (QED) is 0.598. The minimum Gasteiger partial charge on any atom is -0.370 e. The van der Waals surface area contributed by atoms with Gasteiger partial charge in [0, 0.05) is 26.2 Å². The molecule has 164 valence electrons. The standard InChI is InChI=1S/C22H23N7O2S/c1-15-19(13-32-21(15)9-23)20-11-27-6-7-28(10-18(27)12-31-20)22(30)8-16-2-4-17(5-3-16)29-14-24-25-26-29/h2-5,13-14,18,20H,6-8,10-12H2,1H3/t18-,20-/m0/s1. The first-order valence-corrected chi connectivity index (χ1v) is 11.4. The Balaban J connectivity index is 1.17. The van der Waals surface area contributed by atoms with Crippen LogP contribution in [-0.2, 0) is 16.0 Å². The lowest BCUT2D eigenvalue weighted by Gasteiger charge is -2.46. The molecule has 3 aromatic rings. The van der Waals surface area contributed by atoms with Gasteiger partial charge in [-0.1, -0.05) is 12.1 Å². The highest BCUT2D eigenvalue weighted by molar-refractivity contribution is 7.10. The number of fused-ring (bicyclic) bond motifs is 1. The molecular formula is C22H23N7O2S. The molecule has 32 heavy (non-hydrogen) atoms. The molecule has 0 saturated carbocycles. The average Bonchev–Trinajstić information content (AvgIpc) is 3.49. The number of nitriles is 1. The van der Waals surface area contributed by atoms with Gasteiger partial charge in [-0.3, -0.25) is 9.69 Å². The zero-order chi connectivity index (χ0) is 22.1. The third kappa shape index (κ3) is 4.02. The third-order valence-electron chi connectivity index (χ3n) is 6.28. The van der Waals surface area contributed by atoms with Gasteiger partial charge in [0.2, 0.25) is 5.91 Å². The van der Waals surface area contributed by atoms with E-state index in [2.05, 4.69) is 26.5 Å². The van der Waals surface area contributed by atoms with Gasteiger partial charge in [-0.15, -0.1) is 16.4 Å². The summed E-state index contributed by atoms with van der Waals surface area (Å²) in [5.74, 6) is 0.134. The molecule has 0 spiro atoms. The fourth-order valence-corrected chi connectivity index (χ4v) is 5.31. The van der Waals surface area contributed by atoms with E-state index in [1.807, 2.05) is 41.5 Å². The normalized spacial score (nSPS) is 21.2. The van der Waals surface area contributed by atoms with E-state index >= 15 is 0 Å². The summed E-state index contributed by atoms with van der Waals surface area (Å²) in [6, 6.07) is 10.2. The first-order valence-electron chi connectivity index (χ1n) is 10.6. The molecule has 1 amide bonds. The van der Waals surface area contributed by atoms with Crippen LogP contribution in [0.15, 0.2) is 36.0 Å². The van der Waals surface area contributed by atoms with E-state index in [-0.39, 0.29) is 18.1 Å². The van der Waals surface area contributed by atoms with Crippen LogP contribution in [0, 0.1) is 18.3 Å². The maximum absolute atomic E-state index is 12.9. The number of benzene rings is 1. The molecule has 2 aliphatic rings. The molecule has 5 rings (SSSR count). The van der Waals surface area contributed by atoms with Crippen LogP contribution in [0.25, 0.3) is 5.69 Å². The molecule has 4 heterocycles. The molecule has 0 unspecified atom stereocenters. The zero-order valence-corrected chi connectivity index (χ0v) is 18.5. The Bertz CT molecular complexity index is 1140. The highest BCUT2D eigenvalue weighted by atomic mass is 32.1. The fraction of sp³-hybridized carbons (Fsp3) is 0.409. The number of tetrazole rings is 1. The van der Waals surface area contributed by atoms with Gasteiger partial charge < -0.3 is 9.64 Å². The predicted octanol–water partition coefficient (Wildman–Crippen LogP) is 1.73. The number of thiophene rings is 1. The summed E-state index contributed by atoms with van der Waals surface area (Å²) in [5.41, 5.74) is 3.97. The maximum Gasteiger partial charge on any atom is 0.227 e. The molecular weight excluding hydrogens is 426 g/mol. The lowest BCUT2D eigenvalue weighted by Crippen LogP contribution is -2.59. The van der Waals surface area contributed by atoms with Crippen molar-refractivity contribution < 1.29 is 9.53 Å². The van der Waals surface area contributed by atoms with E-state index in [0.29, 0.717) is 19.6 Å². The van der Waals surface area contributed by atoms with Crippen LogP contribution >= 0.6 is 11.3 Å². The Kier molecular flexibility index (Phi) is 5.70. The zero-order valence-electron chi connectivity index (χ0n) is 17.7. The highest BCUT2D eigenvalue weighted by Crippen LogP contribution is 2.33. The molecule has 2 fully saturated rings. The van der Waals surface area contributed by atoms with E-state index in [4.69, 9.17) is 4.74 Å². The van der Waals surface area contributed by atoms with Crippen LogP contribution < -0.4 is 0 Å². The summed E-state index contributed by atoms with van der Waals surface area (Å²) >= 11 is 1.48. The first kappa shape index (κ1) is 20.8. The number of ether oxygens (including phenoxy) is 1. The number of aromatic nitrogens is 4. The molecule has 0 N–H and O–H groups in total. The second-order valence-corrected chi connectivity index (χ2v) is 9.04. The number of hydrogen-bond acceptors (Lipinski definition) is 8. The monoisotopic (exact) mass is 449 g/mol. The van der Waals surface area contributed by atoms with Crippen LogP contribution in [0.3, 0.4) is 0 Å². The number of carbonyl (C=O) groups is 1. The van der Waals surface area contributed by atoms with Crippen LogP contribution in [0.1, 0.15) is 27.7 Å². The van der Waals surface area contributed by atoms with E-state index in [0.717, 1.165) is 46.9 Å². The van der Waals surface area contributed by atoms with Gasteiger partial charge in [0.25, 0.3) is 0 Å². The molecule has 10 heteroatoms. The second-order valence-electron chi connectivity index (χ2n) is 8.17. The van der Waals surface area contributed by atoms with E-state index in [9.17, 15) is 10.1 Å². The summed E-state index contributed by atoms with van der Waals surface area (Å²) in [6.45, 7) is 5.62. The minimum absolute atomic E-state index is 0.00875. The topological polar surface area (TPSA) is 100 Å². The molecule has 2 saturated heterocycles. The number of piperazine rings is 1. The largest absolute Gasteiger partial charge is 0.370 e. The number of amides is 1. The number of morpholine rings is 1. The smallest absolute Gasteiger partial charge is 0.227 e. The molecule has 2 aliphatic heterocycles. The van der Waals surface area contributed by atoms with Gasteiger partial charge in [-0.25, -0.2) is 4.68 Å². The third-order valence-corrected chi connectivity index (χ3v) is 7.28. The van der Waals surface area contributed by atoms with Crippen molar-refractivity contribution in [2.75, 3.05) is 32.8 Å². The average molecular weight is 450 g/mol. The molecule has 1 aromatic carbocycles. The highest BCUT2D eigenvalue weighted by Gasteiger charge is 2.36. The summed E-state index contributed by atoms with van der Waals surface area (Å²) in [4.78, 5) is 18.0. The number of carbonyl (C=O) groups excluding carboxylic acids is 1. The van der Waals surface area contributed by atoms with Gasteiger partial charge in [0.1, 0.15) is 17.3 Å². The van der Waals surface area contributed by atoms with Gasteiger partial charge in [0.05, 0.1) is 30.9 Å². The van der Waals surface area contributed by atoms with Crippen LogP contribution in [0.5, 0.6) is 0 Å². The Labute approximate surface area is 189 Å². The number of hydrogen-bond donors (Lipinski definition) is 0. The van der Waals surface area contributed by atoms with Gasteiger partial charge in [0.15, 0.2) is 0 Å². The first-order chi connectivity index (χ1) is 15.6. The van der Waals surface area contributed by atoms with Crippen molar-refractivity contribution in [3.8, 4) is 11.8 Å². The minimum atomic E-state index is -0.00875. The predicted molar refractivity (Wildman–Crippen MR) is 117 cm³/mol. The molecule has 0 radical (unpaired) electrons. The van der Waals surface area contributed by atoms with Crippen LogP contribution in [-0.4, -0.2) is 74.7 Å². The molecule has 2 atom stereocenters. The summed E-state index contributed by atoms with van der Waals surface area (Å²) < 4.78 is 7.75. The Morgan fingerprint density at radius 1 is 1.28 bits per heavy atom. The molecule has 9 nitrogen and oxygen atoms in total. The maximum atomic E-state index is 12.9. The Morgan fingerprint density at radius 2 is 2.12 bits per heavy atom. The van der Waals surface area contributed by atoms with Crippen LogP contribution in [0.2, 0.25) is 0 Å². The lowest BCUT2D eigenvalue weighted by molar-refractivity contribution is -0.139. The van der Waals surface area contributed by atoms with Crippen molar-refractivity contribution in [1.29, 1.82) is 5.26 Å². The number of rotatable bonds is 4. The lowest BCUT2D eigenvalue weighted by atomic mass is 10.0. The Hall–Kier alpha value is -3.13. The fourth-order valence-electron chi connectivity index (χ4n) is 4.39. The molecule has 0 aliphatic carbocycles. The van der Waals surface area contributed by atoms with Crippen molar-refractivity contribution in [2.24, 2.45) is 0 Å². The van der Waals surface area contributed by atoms with Crippen molar-refractivity contribution in [3.63, 3.8) is 0 Å². The van der Waals surface area contributed by atoms with Gasteiger partial charge in [-0.05, 0) is 51.6 Å².